The summed E-state index contributed by atoms with van der Waals surface area (Å²) in [7, 11) is 0. The molecule has 16 heavy (non-hydrogen) atoms. The third-order valence-corrected chi connectivity index (χ3v) is 3.74. The molecule has 0 amide bonds. The molecule has 0 fully saturated rings. The summed E-state index contributed by atoms with van der Waals surface area (Å²) in [4.78, 5) is 7.53. The molecule has 0 spiro atoms. The summed E-state index contributed by atoms with van der Waals surface area (Å²) in [5, 5.41) is 0.807. The molecule has 2 rings (SSSR count). The Balaban J connectivity index is 2.14. The van der Waals surface area contributed by atoms with Crippen LogP contribution >= 0.6 is 27.5 Å². The first-order chi connectivity index (χ1) is 7.66. The first-order valence-electron chi connectivity index (χ1n) is 5.05. The maximum atomic E-state index is 6.10. The molecule has 1 N–H and O–H groups in total. The first-order valence-corrected chi connectivity index (χ1v) is 6.34. The molecule has 0 saturated carbocycles. The van der Waals surface area contributed by atoms with Crippen LogP contribution in [-0.2, 0) is 6.42 Å². The van der Waals surface area contributed by atoms with Gasteiger partial charge in [0.15, 0.2) is 0 Å². The maximum Gasteiger partial charge on any atom is 0.107 e. The van der Waals surface area contributed by atoms with Crippen LogP contribution in [0.25, 0.3) is 0 Å². The van der Waals surface area contributed by atoms with E-state index in [4.69, 9.17) is 11.6 Å². The molecule has 1 aromatic carbocycles. The third-order valence-electron chi connectivity index (χ3n) is 2.48. The number of hydrogen-bond acceptors (Lipinski definition) is 1. The zero-order valence-corrected chi connectivity index (χ0v) is 11.2. The van der Waals surface area contributed by atoms with E-state index in [1.54, 1.807) is 6.20 Å². The molecule has 2 nitrogen and oxygen atoms in total. The second kappa shape index (κ2) is 5.02. The van der Waals surface area contributed by atoms with E-state index in [2.05, 4.69) is 32.0 Å². The van der Waals surface area contributed by atoms with Gasteiger partial charge in [0.05, 0.1) is 0 Å². The summed E-state index contributed by atoms with van der Waals surface area (Å²) >= 11 is 9.74. The predicted molar refractivity (Wildman–Crippen MR) is 70.1 cm³/mol. The van der Waals surface area contributed by atoms with Crippen molar-refractivity contribution in [2.45, 2.75) is 18.2 Å². The number of alkyl halides is 1. The Kier molecular flexibility index (Phi) is 3.66. The lowest BCUT2D eigenvalue weighted by Gasteiger charge is -2.10. The zero-order chi connectivity index (χ0) is 11.5. The molecule has 1 aromatic heterocycles. The van der Waals surface area contributed by atoms with E-state index in [-0.39, 0.29) is 4.83 Å². The SMILES string of the molecule is Cc1ccc(C(Br)Cc2ncc[nH]2)cc1Cl. The number of halogens is 2. The number of imidazole rings is 1. The minimum Gasteiger partial charge on any atom is -0.349 e. The highest BCUT2D eigenvalue weighted by atomic mass is 79.9. The van der Waals surface area contributed by atoms with Gasteiger partial charge in [0, 0.05) is 28.7 Å². The van der Waals surface area contributed by atoms with Crippen molar-refractivity contribution in [3.05, 3.63) is 52.6 Å². The Morgan fingerprint density at radius 2 is 2.31 bits per heavy atom. The molecule has 0 saturated heterocycles. The van der Waals surface area contributed by atoms with Gasteiger partial charge in [0.25, 0.3) is 0 Å². The molecule has 2 aromatic rings. The second-order valence-corrected chi connectivity index (χ2v) is 5.23. The Morgan fingerprint density at radius 3 is 2.94 bits per heavy atom. The lowest BCUT2D eigenvalue weighted by molar-refractivity contribution is 0.876. The van der Waals surface area contributed by atoms with Gasteiger partial charge in [0.1, 0.15) is 5.82 Å². The van der Waals surface area contributed by atoms with Crippen LogP contribution in [0.3, 0.4) is 0 Å². The lowest BCUT2D eigenvalue weighted by atomic mass is 10.1. The number of aromatic nitrogens is 2. The number of nitrogens with zero attached hydrogens (tertiary/aromatic N) is 1. The molecular weight excluding hydrogens is 288 g/mol. The van der Waals surface area contributed by atoms with Crippen molar-refractivity contribution in [1.29, 1.82) is 0 Å². The van der Waals surface area contributed by atoms with Crippen LogP contribution in [-0.4, -0.2) is 9.97 Å². The van der Waals surface area contributed by atoms with Gasteiger partial charge in [-0.1, -0.05) is 39.7 Å². The maximum absolute atomic E-state index is 6.10. The van der Waals surface area contributed by atoms with Crippen molar-refractivity contribution < 1.29 is 0 Å². The number of nitrogens with one attached hydrogen (secondary N) is 1. The van der Waals surface area contributed by atoms with Gasteiger partial charge in [-0.25, -0.2) is 4.98 Å². The van der Waals surface area contributed by atoms with E-state index >= 15 is 0 Å². The van der Waals surface area contributed by atoms with Gasteiger partial charge in [-0.2, -0.15) is 0 Å². The molecule has 0 radical (unpaired) electrons. The first kappa shape index (κ1) is 11.7. The van der Waals surface area contributed by atoms with Crippen molar-refractivity contribution in [2.75, 3.05) is 0 Å². The molecule has 1 heterocycles. The van der Waals surface area contributed by atoms with E-state index in [9.17, 15) is 0 Å². The van der Waals surface area contributed by atoms with Gasteiger partial charge in [-0.05, 0) is 24.1 Å². The Bertz CT molecular complexity index is 468. The minimum atomic E-state index is 0.233. The lowest BCUT2D eigenvalue weighted by Crippen LogP contribution is -1.97. The average Bonchev–Trinajstić information content (AvgIpc) is 2.74. The van der Waals surface area contributed by atoms with Crippen molar-refractivity contribution in [3.8, 4) is 0 Å². The summed E-state index contributed by atoms with van der Waals surface area (Å²) in [6.45, 7) is 2.00. The molecular formula is C12H12BrClN2. The molecule has 0 aliphatic carbocycles. The fourth-order valence-corrected chi connectivity index (χ4v) is 2.28. The van der Waals surface area contributed by atoms with Gasteiger partial charge in [-0.15, -0.1) is 0 Å². The van der Waals surface area contributed by atoms with E-state index in [1.165, 1.54) is 5.56 Å². The van der Waals surface area contributed by atoms with Crippen molar-refractivity contribution in [2.24, 2.45) is 0 Å². The van der Waals surface area contributed by atoms with Gasteiger partial charge in [0.2, 0.25) is 0 Å². The van der Waals surface area contributed by atoms with Crippen LogP contribution in [0.4, 0.5) is 0 Å². The molecule has 0 aliphatic heterocycles. The van der Waals surface area contributed by atoms with Crippen LogP contribution in [0.5, 0.6) is 0 Å². The number of rotatable bonds is 3. The number of aromatic amines is 1. The highest BCUT2D eigenvalue weighted by Gasteiger charge is 2.10. The fraction of sp³-hybridized carbons (Fsp3) is 0.250. The van der Waals surface area contributed by atoms with Crippen molar-refractivity contribution in [1.82, 2.24) is 9.97 Å². The summed E-state index contributed by atoms with van der Waals surface area (Å²) in [6.07, 6.45) is 4.42. The van der Waals surface area contributed by atoms with E-state index in [1.807, 2.05) is 25.3 Å². The fourth-order valence-electron chi connectivity index (χ4n) is 1.50. The Hall–Kier alpha value is -0.800. The van der Waals surface area contributed by atoms with Crippen LogP contribution in [0, 0.1) is 6.92 Å². The van der Waals surface area contributed by atoms with E-state index in [0.717, 1.165) is 22.8 Å². The standard InChI is InChI=1S/C12H12BrClN2/c1-8-2-3-9(6-11(8)14)10(13)7-12-15-4-5-16-12/h2-6,10H,7H2,1H3,(H,15,16). The smallest absolute Gasteiger partial charge is 0.107 e. The van der Waals surface area contributed by atoms with Gasteiger partial charge < -0.3 is 4.98 Å². The second-order valence-electron chi connectivity index (χ2n) is 3.72. The number of aryl methyl sites for hydroxylation is 1. The third kappa shape index (κ3) is 2.66. The normalized spacial score (nSPS) is 12.7. The topological polar surface area (TPSA) is 28.7 Å². The summed E-state index contributed by atoms with van der Waals surface area (Å²) in [5.41, 5.74) is 2.27. The van der Waals surface area contributed by atoms with Crippen molar-refractivity contribution in [3.63, 3.8) is 0 Å². The summed E-state index contributed by atoms with van der Waals surface area (Å²) in [6, 6.07) is 6.12. The van der Waals surface area contributed by atoms with E-state index < -0.39 is 0 Å². The zero-order valence-electron chi connectivity index (χ0n) is 8.87. The van der Waals surface area contributed by atoms with Crippen LogP contribution < -0.4 is 0 Å². The number of hydrogen-bond donors (Lipinski definition) is 1. The quantitative estimate of drug-likeness (QED) is 0.851. The van der Waals surface area contributed by atoms with Crippen LogP contribution in [0.15, 0.2) is 30.6 Å². The predicted octanol–water partition coefficient (Wildman–Crippen LogP) is 4.05. The van der Waals surface area contributed by atoms with E-state index in [0.29, 0.717) is 0 Å². The molecule has 0 aliphatic rings. The summed E-state index contributed by atoms with van der Waals surface area (Å²) < 4.78 is 0. The molecule has 1 atom stereocenters. The van der Waals surface area contributed by atoms with Crippen molar-refractivity contribution >= 4 is 27.5 Å². The van der Waals surface area contributed by atoms with Crippen LogP contribution in [0.1, 0.15) is 21.8 Å². The molecule has 4 heteroatoms. The highest BCUT2D eigenvalue weighted by molar-refractivity contribution is 9.09. The highest BCUT2D eigenvalue weighted by Crippen LogP contribution is 2.29. The number of benzene rings is 1. The summed E-state index contributed by atoms with van der Waals surface area (Å²) in [5.74, 6) is 0.971. The molecule has 84 valence electrons. The van der Waals surface area contributed by atoms with Gasteiger partial charge >= 0.3 is 0 Å². The van der Waals surface area contributed by atoms with Gasteiger partial charge in [-0.3, -0.25) is 0 Å². The largest absolute Gasteiger partial charge is 0.349 e. The number of H-pyrrole nitrogens is 1. The Morgan fingerprint density at radius 1 is 1.50 bits per heavy atom. The van der Waals surface area contributed by atoms with Crippen LogP contribution in [0.2, 0.25) is 5.02 Å². The minimum absolute atomic E-state index is 0.233. The Labute approximate surface area is 108 Å². The molecule has 1 unspecified atom stereocenters. The molecule has 0 bridgehead atoms. The average molecular weight is 300 g/mol. The monoisotopic (exact) mass is 298 g/mol.